The summed E-state index contributed by atoms with van der Waals surface area (Å²) < 4.78 is 0. The van der Waals surface area contributed by atoms with Crippen LogP contribution in [-0.4, -0.2) is 16.2 Å². The molecule has 0 heterocycles. The lowest BCUT2D eigenvalue weighted by Gasteiger charge is -2.08. The monoisotopic (exact) mass is 230 g/mol. The molecule has 1 unspecified atom stereocenters. The van der Waals surface area contributed by atoms with Gasteiger partial charge >= 0.3 is 5.97 Å². The highest BCUT2D eigenvalue weighted by atomic mass is 16.4. The molecule has 1 aliphatic carbocycles. The molecule has 0 amide bonds. The summed E-state index contributed by atoms with van der Waals surface area (Å²) in [5.41, 5.74) is 3.18. The van der Waals surface area contributed by atoms with Crippen molar-refractivity contribution in [3.05, 3.63) is 52.6 Å². The Bertz CT molecular complexity index is 534. The molecule has 2 rings (SSSR count). The highest BCUT2D eigenvalue weighted by Crippen LogP contribution is 2.39. The lowest BCUT2D eigenvalue weighted by molar-refractivity contribution is -0.132. The van der Waals surface area contributed by atoms with Gasteiger partial charge in [0.25, 0.3) is 0 Å². The van der Waals surface area contributed by atoms with E-state index in [-0.39, 0.29) is 5.57 Å². The summed E-state index contributed by atoms with van der Waals surface area (Å²) in [6, 6.07) is 7.33. The molecule has 1 aliphatic rings. The molecule has 1 aromatic rings. The molecule has 0 fully saturated rings. The Labute approximate surface area is 99.7 Å². The Kier molecular flexibility index (Phi) is 2.86. The summed E-state index contributed by atoms with van der Waals surface area (Å²) in [4.78, 5) is 11.3. The van der Waals surface area contributed by atoms with E-state index in [9.17, 15) is 15.0 Å². The van der Waals surface area contributed by atoms with Gasteiger partial charge in [-0.15, -0.1) is 0 Å². The van der Waals surface area contributed by atoms with Gasteiger partial charge in [-0.1, -0.05) is 29.8 Å². The number of carbonyl (C=O) groups is 1. The number of hydrogen-bond donors (Lipinski definition) is 2. The molecule has 0 radical (unpaired) electrons. The molecule has 17 heavy (non-hydrogen) atoms. The number of benzene rings is 1. The zero-order valence-corrected chi connectivity index (χ0v) is 9.77. The summed E-state index contributed by atoms with van der Waals surface area (Å²) >= 11 is 0. The molecule has 0 bridgehead atoms. The highest BCUT2D eigenvalue weighted by Gasteiger charge is 2.26. The van der Waals surface area contributed by atoms with E-state index in [1.54, 1.807) is 19.9 Å². The second-order valence-electron chi connectivity index (χ2n) is 4.29. The third-order valence-corrected chi connectivity index (χ3v) is 2.88. The van der Waals surface area contributed by atoms with Gasteiger partial charge in [-0.3, -0.25) is 0 Å². The van der Waals surface area contributed by atoms with Crippen molar-refractivity contribution in [2.75, 3.05) is 0 Å². The normalized spacial score (nSPS) is 17.4. The Morgan fingerprint density at radius 3 is 2.47 bits per heavy atom. The van der Waals surface area contributed by atoms with Gasteiger partial charge in [0.15, 0.2) is 0 Å². The second-order valence-corrected chi connectivity index (χ2v) is 4.29. The molecule has 0 aliphatic heterocycles. The number of fused-ring (bicyclic) bond motifs is 1. The average molecular weight is 230 g/mol. The smallest absolute Gasteiger partial charge is 0.336 e. The van der Waals surface area contributed by atoms with Crippen LogP contribution in [0.2, 0.25) is 0 Å². The predicted octanol–water partition coefficient (Wildman–Crippen LogP) is 2.54. The lowest BCUT2D eigenvalue weighted by atomic mass is 9.96. The molecular formula is C14H14O3. The molecule has 1 atom stereocenters. The van der Waals surface area contributed by atoms with Crippen LogP contribution in [0.4, 0.5) is 0 Å². The van der Waals surface area contributed by atoms with Crippen LogP contribution in [0.5, 0.6) is 0 Å². The van der Waals surface area contributed by atoms with E-state index >= 15 is 0 Å². The van der Waals surface area contributed by atoms with Crippen LogP contribution >= 0.6 is 0 Å². The third kappa shape index (κ3) is 1.89. The fraction of sp³-hybridized carbons (Fsp3) is 0.214. The number of carboxylic acids is 1. The van der Waals surface area contributed by atoms with E-state index in [0.29, 0.717) is 5.57 Å². The van der Waals surface area contributed by atoms with Crippen LogP contribution in [0.1, 0.15) is 31.1 Å². The topological polar surface area (TPSA) is 57.5 Å². The third-order valence-electron chi connectivity index (χ3n) is 2.88. The number of hydrogen-bond acceptors (Lipinski definition) is 2. The average Bonchev–Trinajstić information content (AvgIpc) is 2.56. The Morgan fingerprint density at radius 1 is 1.24 bits per heavy atom. The van der Waals surface area contributed by atoms with Crippen molar-refractivity contribution in [1.82, 2.24) is 0 Å². The zero-order chi connectivity index (χ0) is 12.6. The minimum Gasteiger partial charge on any atom is -0.478 e. The first-order valence-corrected chi connectivity index (χ1v) is 5.42. The predicted molar refractivity (Wildman–Crippen MR) is 65.4 cm³/mol. The first kappa shape index (κ1) is 11.6. The van der Waals surface area contributed by atoms with E-state index in [0.717, 1.165) is 16.7 Å². The van der Waals surface area contributed by atoms with Crippen LogP contribution in [0.25, 0.3) is 5.57 Å². The fourth-order valence-corrected chi connectivity index (χ4v) is 2.15. The van der Waals surface area contributed by atoms with Gasteiger partial charge < -0.3 is 10.2 Å². The standard InChI is InChI=1S/C14H14O3/c1-8(2)13(14(16)17)11-7-12(15)10-6-4-3-5-9(10)11/h3-7,12,15H,1-2H3,(H,16,17). The van der Waals surface area contributed by atoms with Crippen molar-refractivity contribution in [3.63, 3.8) is 0 Å². The maximum atomic E-state index is 11.3. The van der Waals surface area contributed by atoms with Crippen LogP contribution in [0, 0.1) is 0 Å². The maximum absolute atomic E-state index is 11.3. The Morgan fingerprint density at radius 2 is 1.88 bits per heavy atom. The van der Waals surface area contributed by atoms with Crippen LogP contribution < -0.4 is 0 Å². The molecule has 0 spiro atoms. The molecular weight excluding hydrogens is 216 g/mol. The number of allylic oxidation sites excluding steroid dienone is 1. The molecule has 88 valence electrons. The minimum absolute atomic E-state index is 0.272. The van der Waals surface area contributed by atoms with Crippen molar-refractivity contribution in [1.29, 1.82) is 0 Å². The first-order valence-electron chi connectivity index (χ1n) is 5.42. The van der Waals surface area contributed by atoms with Gasteiger partial charge in [0.05, 0.1) is 11.7 Å². The van der Waals surface area contributed by atoms with Crippen molar-refractivity contribution < 1.29 is 15.0 Å². The van der Waals surface area contributed by atoms with Gasteiger partial charge in [0, 0.05) is 0 Å². The van der Waals surface area contributed by atoms with E-state index in [1.165, 1.54) is 0 Å². The number of carboxylic acid groups (broad SMARTS) is 1. The van der Waals surface area contributed by atoms with E-state index in [1.807, 2.05) is 24.3 Å². The van der Waals surface area contributed by atoms with Crippen LogP contribution in [0.3, 0.4) is 0 Å². The largest absolute Gasteiger partial charge is 0.478 e. The summed E-state index contributed by atoms with van der Waals surface area (Å²) in [7, 11) is 0. The van der Waals surface area contributed by atoms with Gasteiger partial charge in [-0.25, -0.2) is 4.79 Å². The van der Waals surface area contributed by atoms with Crippen molar-refractivity contribution in [2.24, 2.45) is 0 Å². The van der Waals surface area contributed by atoms with E-state index < -0.39 is 12.1 Å². The Balaban J connectivity index is 2.60. The zero-order valence-electron chi connectivity index (χ0n) is 9.77. The minimum atomic E-state index is -0.958. The summed E-state index contributed by atoms with van der Waals surface area (Å²) in [6.07, 6.45) is 0.885. The summed E-state index contributed by atoms with van der Waals surface area (Å²) in [6.45, 7) is 3.52. The van der Waals surface area contributed by atoms with Crippen LogP contribution in [0.15, 0.2) is 41.5 Å². The van der Waals surface area contributed by atoms with Crippen LogP contribution in [-0.2, 0) is 4.79 Å². The van der Waals surface area contributed by atoms with Crippen molar-refractivity contribution in [3.8, 4) is 0 Å². The Hall–Kier alpha value is -1.87. The van der Waals surface area contributed by atoms with E-state index in [2.05, 4.69) is 0 Å². The highest BCUT2D eigenvalue weighted by molar-refractivity contribution is 6.07. The number of aliphatic hydroxyl groups excluding tert-OH is 1. The molecule has 0 saturated carbocycles. The fourth-order valence-electron chi connectivity index (χ4n) is 2.15. The molecule has 0 aromatic heterocycles. The summed E-state index contributed by atoms with van der Waals surface area (Å²) in [5, 5.41) is 19.1. The van der Waals surface area contributed by atoms with Crippen molar-refractivity contribution in [2.45, 2.75) is 20.0 Å². The molecule has 1 aromatic carbocycles. The maximum Gasteiger partial charge on any atom is 0.336 e. The molecule has 0 saturated heterocycles. The molecule has 3 nitrogen and oxygen atoms in total. The number of aliphatic carboxylic acids is 1. The van der Waals surface area contributed by atoms with Gasteiger partial charge in [-0.2, -0.15) is 0 Å². The molecule has 2 N–H and O–H groups in total. The lowest BCUT2D eigenvalue weighted by Crippen LogP contribution is -2.04. The second kappa shape index (κ2) is 4.18. The number of aliphatic hydroxyl groups is 1. The quantitative estimate of drug-likeness (QED) is 0.767. The van der Waals surface area contributed by atoms with Gasteiger partial charge in [0.1, 0.15) is 0 Å². The first-order chi connectivity index (χ1) is 8.02. The van der Waals surface area contributed by atoms with Gasteiger partial charge in [0.2, 0.25) is 0 Å². The SMILES string of the molecule is CC(C)=C(C(=O)O)C1=CC(O)c2ccccc21. The van der Waals surface area contributed by atoms with Gasteiger partial charge in [-0.05, 0) is 36.6 Å². The molecule has 3 heteroatoms. The summed E-state index contributed by atoms with van der Waals surface area (Å²) in [5.74, 6) is -0.958. The van der Waals surface area contributed by atoms with E-state index in [4.69, 9.17) is 0 Å². The van der Waals surface area contributed by atoms with Crippen molar-refractivity contribution >= 4 is 11.5 Å². The number of rotatable bonds is 2.